The maximum Gasteiger partial charge on any atom is 0.224 e. The lowest BCUT2D eigenvalue weighted by molar-refractivity contribution is -0.120. The van der Waals surface area contributed by atoms with Crippen LogP contribution in [0.15, 0.2) is 79.1 Å². The minimum atomic E-state index is -0.327. The number of amides is 1. The molecule has 0 saturated heterocycles. The van der Waals surface area contributed by atoms with E-state index in [1.807, 2.05) is 24.3 Å². The highest BCUT2D eigenvalue weighted by Gasteiger charge is 2.10. The van der Waals surface area contributed by atoms with Crippen molar-refractivity contribution in [3.8, 4) is 11.1 Å². The zero-order valence-electron chi connectivity index (χ0n) is 15.5. The van der Waals surface area contributed by atoms with Crippen LogP contribution in [0.5, 0.6) is 0 Å². The first kappa shape index (κ1) is 18.7. The number of carbonyl (C=O) groups is 1. The zero-order chi connectivity index (χ0) is 20.2. The van der Waals surface area contributed by atoms with Crippen LogP contribution in [0, 0.1) is 11.6 Å². The van der Waals surface area contributed by atoms with Crippen molar-refractivity contribution in [2.75, 3.05) is 0 Å². The van der Waals surface area contributed by atoms with E-state index in [9.17, 15) is 13.6 Å². The summed E-state index contributed by atoms with van der Waals surface area (Å²) >= 11 is 0. The molecule has 1 aromatic heterocycles. The standard InChI is InChI=1S/C24H18F2N2O/c25-19-7-4-16(5-8-19)12-24(29)28-14-18-6-9-21(17-2-1-3-20(26)13-17)22-10-11-27-15-23(18)22/h1-11,13,15H,12,14H2,(H,28,29). The average Bonchev–Trinajstić information content (AvgIpc) is 2.73. The summed E-state index contributed by atoms with van der Waals surface area (Å²) in [5.41, 5.74) is 3.36. The molecule has 1 N–H and O–H groups in total. The van der Waals surface area contributed by atoms with Gasteiger partial charge in [-0.2, -0.15) is 0 Å². The van der Waals surface area contributed by atoms with E-state index < -0.39 is 0 Å². The molecule has 4 rings (SSSR count). The van der Waals surface area contributed by atoms with Crippen LogP contribution in [-0.4, -0.2) is 10.9 Å². The van der Waals surface area contributed by atoms with E-state index in [1.165, 1.54) is 24.3 Å². The Morgan fingerprint density at radius 3 is 2.52 bits per heavy atom. The Bertz CT molecular complexity index is 1170. The number of pyridine rings is 1. The van der Waals surface area contributed by atoms with Crippen LogP contribution in [0.2, 0.25) is 0 Å². The monoisotopic (exact) mass is 388 g/mol. The van der Waals surface area contributed by atoms with Crippen molar-refractivity contribution in [1.82, 2.24) is 10.3 Å². The molecule has 0 unspecified atom stereocenters. The molecule has 3 aromatic carbocycles. The van der Waals surface area contributed by atoms with Crippen LogP contribution < -0.4 is 5.32 Å². The normalized spacial score (nSPS) is 10.8. The fraction of sp³-hybridized carbons (Fsp3) is 0.0833. The van der Waals surface area contributed by atoms with Gasteiger partial charge in [0.2, 0.25) is 5.91 Å². The molecule has 0 aliphatic heterocycles. The van der Waals surface area contributed by atoms with Crippen molar-refractivity contribution >= 4 is 16.7 Å². The summed E-state index contributed by atoms with van der Waals surface area (Å²) in [6.07, 6.45) is 3.62. The lowest BCUT2D eigenvalue weighted by Gasteiger charge is -2.12. The fourth-order valence-electron chi connectivity index (χ4n) is 3.35. The van der Waals surface area contributed by atoms with Crippen molar-refractivity contribution in [3.05, 3.63) is 102 Å². The second-order valence-corrected chi connectivity index (χ2v) is 6.78. The molecule has 0 aliphatic rings. The predicted molar refractivity (Wildman–Crippen MR) is 109 cm³/mol. The summed E-state index contributed by atoms with van der Waals surface area (Å²) in [5, 5.41) is 4.74. The van der Waals surface area contributed by atoms with Gasteiger partial charge < -0.3 is 5.32 Å². The van der Waals surface area contributed by atoms with Gasteiger partial charge in [-0.15, -0.1) is 0 Å². The van der Waals surface area contributed by atoms with Crippen molar-refractivity contribution in [2.45, 2.75) is 13.0 Å². The lowest BCUT2D eigenvalue weighted by Crippen LogP contribution is -2.24. The van der Waals surface area contributed by atoms with E-state index in [0.29, 0.717) is 6.54 Å². The number of rotatable bonds is 5. The van der Waals surface area contributed by atoms with Crippen molar-refractivity contribution < 1.29 is 13.6 Å². The Labute approximate surface area is 167 Å². The van der Waals surface area contributed by atoms with Gasteiger partial charge in [-0.3, -0.25) is 9.78 Å². The summed E-state index contributed by atoms with van der Waals surface area (Å²) in [5.74, 6) is -0.767. The average molecular weight is 388 g/mol. The molecule has 29 heavy (non-hydrogen) atoms. The maximum absolute atomic E-state index is 13.7. The summed E-state index contributed by atoms with van der Waals surface area (Å²) in [6.45, 7) is 0.339. The first-order valence-electron chi connectivity index (χ1n) is 9.23. The summed E-state index contributed by atoms with van der Waals surface area (Å²) < 4.78 is 26.7. The minimum Gasteiger partial charge on any atom is -0.352 e. The highest BCUT2D eigenvalue weighted by molar-refractivity contribution is 5.98. The molecule has 5 heteroatoms. The molecule has 3 nitrogen and oxygen atoms in total. The van der Waals surface area contributed by atoms with E-state index in [-0.39, 0.29) is 24.0 Å². The van der Waals surface area contributed by atoms with E-state index in [1.54, 1.807) is 30.6 Å². The number of hydrogen-bond acceptors (Lipinski definition) is 2. The topological polar surface area (TPSA) is 42.0 Å². The highest BCUT2D eigenvalue weighted by atomic mass is 19.1. The Hall–Kier alpha value is -3.60. The van der Waals surface area contributed by atoms with Crippen molar-refractivity contribution in [3.63, 3.8) is 0 Å². The van der Waals surface area contributed by atoms with Gasteiger partial charge in [0.15, 0.2) is 0 Å². The van der Waals surface area contributed by atoms with Crippen LogP contribution in [0.25, 0.3) is 21.9 Å². The van der Waals surface area contributed by atoms with Gasteiger partial charge >= 0.3 is 0 Å². The van der Waals surface area contributed by atoms with Gasteiger partial charge in [-0.25, -0.2) is 8.78 Å². The van der Waals surface area contributed by atoms with Gasteiger partial charge in [0.05, 0.1) is 6.42 Å². The number of nitrogens with zero attached hydrogens (tertiary/aromatic N) is 1. The molecular formula is C24H18F2N2O. The van der Waals surface area contributed by atoms with Crippen LogP contribution in [0.3, 0.4) is 0 Å². The number of halogens is 2. The van der Waals surface area contributed by atoms with Gasteiger partial charge in [-0.1, -0.05) is 36.4 Å². The van der Waals surface area contributed by atoms with Crippen LogP contribution in [0.1, 0.15) is 11.1 Å². The number of benzene rings is 3. The molecule has 0 aliphatic carbocycles. The summed E-state index contributed by atoms with van der Waals surface area (Å²) in [4.78, 5) is 16.5. The molecule has 1 amide bonds. The highest BCUT2D eigenvalue weighted by Crippen LogP contribution is 2.30. The molecular weight excluding hydrogens is 370 g/mol. The third-order valence-corrected chi connectivity index (χ3v) is 4.80. The molecule has 0 bridgehead atoms. The quantitative estimate of drug-likeness (QED) is 0.521. The van der Waals surface area contributed by atoms with E-state index in [2.05, 4.69) is 10.3 Å². The number of nitrogens with one attached hydrogen (secondary N) is 1. The molecule has 1 heterocycles. The Kier molecular flexibility index (Phi) is 5.29. The third kappa shape index (κ3) is 4.29. The van der Waals surface area contributed by atoms with Gasteiger partial charge in [0.1, 0.15) is 11.6 Å². The smallest absolute Gasteiger partial charge is 0.224 e. The molecule has 0 fully saturated rings. The first-order chi connectivity index (χ1) is 14.1. The van der Waals surface area contributed by atoms with Gasteiger partial charge in [0, 0.05) is 24.3 Å². The fourth-order valence-corrected chi connectivity index (χ4v) is 3.35. The van der Waals surface area contributed by atoms with E-state index in [4.69, 9.17) is 0 Å². The molecule has 0 spiro atoms. The number of aromatic nitrogens is 1. The van der Waals surface area contributed by atoms with Crippen LogP contribution in [0.4, 0.5) is 8.78 Å². The van der Waals surface area contributed by atoms with E-state index >= 15 is 0 Å². The first-order valence-corrected chi connectivity index (χ1v) is 9.23. The van der Waals surface area contributed by atoms with Gasteiger partial charge in [0.25, 0.3) is 0 Å². The largest absolute Gasteiger partial charge is 0.352 e. The second kappa shape index (κ2) is 8.19. The predicted octanol–water partition coefficient (Wildman–Crippen LogP) is 5.04. The molecule has 0 saturated carbocycles. The Morgan fingerprint density at radius 1 is 0.897 bits per heavy atom. The van der Waals surface area contributed by atoms with Crippen LogP contribution >= 0.6 is 0 Å². The van der Waals surface area contributed by atoms with Crippen LogP contribution in [-0.2, 0) is 17.8 Å². The Morgan fingerprint density at radius 2 is 1.72 bits per heavy atom. The summed E-state index contributed by atoms with van der Waals surface area (Å²) in [6, 6.07) is 18.1. The summed E-state index contributed by atoms with van der Waals surface area (Å²) in [7, 11) is 0. The van der Waals surface area contributed by atoms with E-state index in [0.717, 1.165) is 33.0 Å². The minimum absolute atomic E-state index is 0.150. The zero-order valence-corrected chi connectivity index (χ0v) is 15.5. The molecule has 0 radical (unpaired) electrons. The second-order valence-electron chi connectivity index (χ2n) is 6.78. The van der Waals surface area contributed by atoms with Crippen molar-refractivity contribution in [1.29, 1.82) is 0 Å². The SMILES string of the molecule is O=C(Cc1ccc(F)cc1)NCc1ccc(-c2cccc(F)c2)c2ccncc12. The lowest BCUT2D eigenvalue weighted by atomic mass is 9.96. The van der Waals surface area contributed by atoms with Gasteiger partial charge in [-0.05, 0) is 58.0 Å². The Balaban J connectivity index is 1.56. The number of carbonyl (C=O) groups excluding carboxylic acids is 1. The molecule has 4 aromatic rings. The number of hydrogen-bond donors (Lipinski definition) is 1. The molecule has 0 atom stereocenters. The maximum atomic E-state index is 13.7. The molecule has 144 valence electrons. The number of fused-ring (bicyclic) bond motifs is 1. The third-order valence-electron chi connectivity index (χ3n) is 4.80. The van der Waals surface area contributed by atoms with Crippen molar-refractivity contribution in [2.24, 2.45) is 0 Å².